The summed E-state index contributed by atoms with van der Waals surface area (Å²) in [7, 11) is 0. The molecular weight excluding hydrogens is 258 g/mol. The van der Waals surface area contributed by atoms with Crippen molar-refractivity contribution in [1.29, 1.82) is 0 Å². The van der Waals surface area contributed by atoms with Crippen molar-refractivity contribution in [2.24, 2.45) is 0 Å². The molecule has 19 heavy (non-hydrogen) atoms. The van der Waals surface area contributed by atoms with Gasteiger partial charge < -0.3 is 15.7 Å². The molecule has 3 rings (SSSR count). The molecule has 1 aromatic carbocycles. The summed E-state index contributed by atoms with van der Waals surface area (Å²) in [5.41, 5.74) is 7.47. The van der Waals surface area contributed by atoms with Gasteiger partial charge in [0.25, 0.3) is 0 Å². The fraction of sp³-hybridized carbons (Fsp3) is 0.357. The van der Waals surface area contributed by atoms with Crippen LogP contribution < -0.4 is 10.6 Å². The quantitative estimate of drug-likeness (QED) is 0.883. The summed E-state index contributed by atoms with van der Waals surface area (Å²) in [4.78, 5) is 2.18. The Hall–Kier alpha value is -1.59. The third kappa shape index (κ3) is 2.31. The van der Waals surface area contributed by atoms with Crippen molar-refractivity contribution in [1.82, 2.24) is 4.37 Å². The van der Waals surface area contributed by atoms with E-state index in [9.17, 15) is 5.11 Å². The van der Waals surface area contributed by atoms with E-state index >= 15 is 0 Å². The van der Waals surface area contributed by atoms with E-state index in [0.717, 1.165) is 29.1 Å². The summed E-state index contributed by atoms with van der Waals surface area (Å²) < 4.78 is 4.28. The molecule has 100 valence electrons. The van der Waals surface area contributed by atoms with E-state index in [1.54, 1.807) is 0 Å². The number of aromatic nitrogens is 1. The molecule has 2 heterocycles. The molecule has 2 aromatic rings. The molecule has 1 saturated heterocycles. The first-order chi connectivity index (χ1) is 9.07. The first kappa shape index (κ1) is 12.4. The van der Waals surface area contributed by atoms with E-state index in [0.29, 0.717) is 12.4 Å². The summed E-state index contributed by atoms with van der Waals surface area (Å²) in [5, 5.41) is 11.2. The smallest absolute Gasteiger partial charge is 0.147 e. The molecule has 1 aromatic heterocycles. The van der Waals surface area contributed by atoms with Crippen LogP contribution in [0.25, 0.3) is 11.1 Å². The van der Waals surface area contributed by atoms with Crippen LogP contribution in [0.2, 0.25) is 0 Å². The van der Waals surface area contributed by atoms with Gasteiger partial charge in [-0.05, 0) is 30.4 Å². The lowest BCUT2D eigenvalue weighted by molar-refractivity contribution is 0.0840. The lowest BCUT2D eigenvalue weighted by atomic mass is 10.1. The normalized spacial score (nSPS) is 22.9. The van der Waals surface area contributed by atoms with E-state index < -0.39 is 5.60 Å². The van der Waals surface area contributed by atoms with Crippen LogP contribution in [0.4, 0.5) is 10.8 Å². The largest absolute Gasteiger partial charge is 0.388 e. The SMILES string of the molecule is CC1(O)CCN(c2snc(N)c2-c2ccccc2)C1. The van der Waals surface area contributed by atoms with Crippen LogP contribution in [0.15, 0.2) is 30.3 Å². The monoisotopic (exact) mass is 275 g/mol. The number of nitrogens with zero attached hydrogens (tertiary/aromatic N) is 2. The zero-order valence-electron chi connectivity index (χ0n) is 10.8. The average Bonchev–Trinajstić information content (AvgIpc) is 2.93. The summed E-state index contributed by atoms with van der Waals surface area (Å²) in [6, 6.07) is 10.1. The minimum Gasteiger partial charge on any atom is -0.388 e. The predicted molar refractivity (Wildman–Crippen MR) is 79.4 cm³/mol. The van der Waals surface area contributed by atoms with Gasteiger partial charge in [-0.2, -0.15) is 4.37 Å². The molecule has 0 radical (unpaired) electrons. The van der Waals surface area contributed by atoms with Crippen LogP contribution in [0.3, 0.4) is 0 Å². The molecule has 0 aliphatic carbocycles. The van der Waals surface area contributed by atoms with Crippen LogP contribution in [0.5, 0.6) is 0 Å². The number of nitrogen functional groups attached to an aromatic ring is 1. The second kappa shape index (κ2) is 4.51. The topological polar surface area (TPSA) is 62.4 Å². The molecule has 5 heteroatoms. The maximum Gasteiger partial charge on any atom is 0.147 e. The van der Waals surface area contributed by atoms with Crippen LogP contribution in [-0.2, 0) is 0 Å². The number of aliphatic hydroxyl groups is 1. The lowest BCUT2D eigenvalue weighted by Crippen LogP contribution is -2.29. The number of nitrogens with two attached hydrogens (primary N) is 1. The fourth-order valence-electron chi connectivity index (χ4n) is 2.50. The molecule has 1 unspecified atom stereocenters. The third-order valence-corrected chi connectivity index (χ3v) is 4.43. The van der Waals surface area contributed by atoms with Gasteiger partial charge in [-0.3, -0.25) is 0 Å². The Morgan fingerprint density at radius 3 is 2.74 bits per heavy atom. The van der Waals surface area contributed by atoms with Crippen LogP contribution in [0.1, 0.15) is 13.3 Å². The zero-order valence-corrected chi connectivity index (χ0v) is 11.7. The first-order valence-electron chi connectivity index (χ1n) is 6.35. The number of benzene rings is 1. The van der Waals surface area contributed by atoms with E-state index in [2.05, 4.69) is 9.27 Å². The number of β-amino-alcohol motifs (C(OH)–C–C–N with tert-alkyl or cyclic N) is 1. The Balaban J connectivity index is 2.00. The summed E-state index contributed by atoms with van der Waals surface area (Å²) in [6.45, 7) is 3.35. The Morgan fingerprint density at radius 2 is 2.11 bits per heavy atom. The highest BCUT2D eigenvalue weighted by atomic mass is 32.1. The predicted octanol–water partition coefficient (Wildman–Crippen LogP) is 2.35. The molecule has 1 fully saturated rings. The second-order valence-electron chi connectivity index (χ2n) is 5.28. The first-order valence-corrected chi connectivity index (χ1v) is 7.12. The number of anilines is 2. The van der Waals surface area contributed by atoms with Crippen molar-refractivity contribution < 1.29 is 5.11 Å². The van der Waals surface area contributed by atoms with Gasteiger partial charge >= 0.3 is 0 Å². The van der Waals surface area contributed by atoms with Gasteiger partial charge in [0, 0.05) is 13.1 Å². The highest BCUT2D eigenvalue weighted by molar-refractivity contribution is 7.11. The second-order valence-corrected chi connectivity index (χ2v) is 6.03. The lowest BCUT2D eigenvalue weighted by Gasteiger charge is -2.20. The Labute approximate surface area is 116 Å². The van der Waals surface area contributed by atoms with Crippen molar-refractivity contribution in [3.8, 4) is 11.1 Å². The van der Waals surface area contributed by atoms with Gasteiger partial charge in [0.1, 0.15) is 10.8 Å². The molecule has 4 nitrogen and oxygen atoms in total. The van der Waals surface area contributed by atoms with Crippen molar-refractivity contribution in [2.75, 3.05) is 23.7 Å². The molecule has 3 N–H and O–H groups in total. The Morgan fingerprint density at radius 1 is 1.37 bits per heavy atom. The summed E-state index contributed by atoms with van der Waals surface area (Å²) >= 11 is 1.41. The standard InChI is InChI=1S/C14H17N3OS/c1-14(18)7-8-17(9-14)13-11(12(15)16-19-13)10-5-3-2-4-6-10/h2-6,18H,7-9H2,1H3,(H2,15,16). The maximum absolute atomic E-state index is 10.1. The number of hydrogen-bond acceptors (Lipinski definition) is 5. The van der Waals surface area contributed by atoms with Crippen molar-refractivity contribution >= 4 is 22.4 Å². The number of hydrogen-bond donors (Lipinski definition) is 2. The highest BCUT2D eigenvalue weighted by Crippen LogP contribution is 2.41. The molecule has 1 aliphatic heterocycles. The third-order valence-electron chi connectivity index (χ3n) is 3.50. The van der Waals surface area contributed by atoms with E-state index in [-0.39, 0.29) is 0 Å². The summed E-state index contributed by atoms with van der Waals surface area (Å²) in [5.74, 6) is 0.567. The molecule has 0 saturated carbocycles. The molecule has 0 bridgehead atoms. The Bertz CT molecular complexity index is 580. The Kier molecular flexibility index (Phi) is 2.95. The highest BCUT2D eigenvalue weighted by Gasteiger charge is 2.33. The van der Waals surface area contributed by atoms with Gasteiger partial charge in [-0.1, -0.05) is 30.3 Å². The van der Waals surface area contributed by atoms with Crippen LogP contribution >= 0.6 is 11.5 Å². The molecule has 0 spiro atoms. The average molecular weight is 275 g/mol. The van der Waals surface area contributed by atoms with Gasteiger partial charge in [0.2, 0.25) is 0 Å². The minimum absolute atomic E-state index is 0.567. The van der Waals surface area contributed by atoms with Gasteiger partial charge in [-0.25, -0.2) is 0 Å². The fourth-order valence-corrected chi connectivity index (χ4v) is 3.36. The van der Waals surface area contributed by atoms with Crippen molar-refractivity contribution in [3.63, 3.8) is 0 Å². The van der Waals surface area contributed by atoms with Crippen molar-refractivity contribution in [2.45, 2.75) is 18.9 Å². The summed E-state index contributed by atoms with van der Waals surface area (Å²) in [6.07, 6.45) is 0.777. The van der Waals surface area contributed by atoms with E-state index in [1.807, 2.05) is 37.3 Å². The molecule has 1 aliphatic rings. The van der Waals surface area contributed by atoms with Crippen molar-refractivity contribution in [3.05, 3.63) is 30.3 Å². The minimum atomic E-state index is -0.618. The number of rotatable bonds is 2. The van der Waals surface area contributed by atoms with Gasteiger partial charge in [0.15, 0.2) is 0 Å². The van der Waals surface area contributed by atoms with Gasteiger partial charge in [-0.15, -0.1) is 0 Å². The maximum atomic E-state index is 10.1. The molecular formula is C14H17N3OS. The molecule has 0 amide bonds. The molecule has 1 atom stereocenters. The zero-order chi connectivity index (χ0) is 13.5. The van der Waals surface area contributed by atoms with E-state index in [4.69, 9.17) is 5.73 Å². The van der Waals surface area contributed by atoms with Gasteiger partial charge in [0.05, 0.1) is 11.2 Å². The van der Waals surface area contributed by atoms with Crippen LogP contribution in [-0.4, -0.2) is 28.2 Å². The van der Waals surface area contributed by atoms with Crippen LogP contribution in [0, 0.1) is 0 Å². The van der Waals surface area contributed by atoms with E-state index in [1.165, 1.54) is 11.5 Å².